The van der Waals surface area contributed by atoms with Crippen LogP contribution < -0.4 is 4.74 Å². The van der Waals surface area contributed by atoms with Crippen LogP contribution in [0.4, 0.5) is 5.69 Å². The molecule has 0 unspecified atom stereocenters. The van der Waals surface area contributed by atoms with E-state index in [1.807, 2.05) is 0 Å². The van der Waals surface area contributed by atoms with Crippen molar-refractivity contribution in [3.8, 4) is 17.0 Å². The van der Waals surface area contributed by atoms with Gasteiger partial charge in [-0.2, -0.15) is 0 Å². The number of para-hydroxylation sites is 1. The van der Waals surface area contributed by atoms with Crippen molar-refractivity contribution >= 4 is 5.69 Å². The molecule has 0 saturated carbocycles. The Bertz CT molecular complexity index is 582. The van der Waals surface area contributed by atoms with Gasteiger partial charge in [-0.25, -0.2) is 0 Å². The molecule has 104 valence electrons. The molecule has 0 saturated heterocycles. The first-order chi connectivity index (χ1) is 9.72. The number of nitro groups is 1. The maximum Gasteiger partial charge on any atom is 0.278 e. The van der Waals surface area contributed by atoms with Gasteiger partial charge in [-0.1, -0.05) is 25.5 Å². The number of benzene rings is 1. The minimum Gasteiger partial charge on any atom is -0.492 e. The second kappa shape index (κ2) is 6.65. The van der Waals surface area contributed by atoms with Crippen molar-refractivity contribution in [2.75, 3.05) is 6.61 Å². The second-order valence-electron chi connectivity index (χ2n) is 4.36. The van der Waals surface area contributed by atoms with Crippen LogP contribution >= 0.6 is 0 Å². The fraction of sp³-hybridized carbons (Fsp3) is 0.267. The van der Waals surface area contributed by atoms with Gasteiger partial charge < -0.3 is 4.74 Å². The molecular formula is C15H16N2O3. The average Bonchev–Trinajstić information content (AvgIpc) is 2.48. The predicted octanol–water partition coefficient (Wildman–Crippen LogP) is 3.84. The molecule has 0 amide bonds. The SMILES string of the molecule is CCCCOc1ccc(-c2ccccc2[N+](=O)[O-])nc1. The lowest BCUT2D eigenvalue weighted by atomic mass is 10.1. The number of pyridine rings is 1. The van der Waals surface area contributed by atoms with E-state index in [-0.39, 0.29) is 5.69 Å². The first kappa shape index (κ1) is 14.0. The largest absolute Gasteiger partial charge is 0.492 e. The molecule has 0 spiro atoms. The molecule has 0 N–H and O–H groups in total. The Kier molecular flexibility index (Phi) is 4.65. The summed E-state index contributed by atoms with van der Waals surface area (Å²) in [6.45, 7) is 2.75. The van der Waals surface area contributed by atoms with Crippen molar-refractivity contribution in [2.45, 2.75) is 19.8 Å². The van der Waals surface area contributed by atoms with Crippen LogP contribution in [-0.4, -0.2) is 16.5 Å². The lowest BCUT2D eigenvalue weighted by molar-refractivity contribution is -0.384. The number of unbranched alkanes of at least 4 members (excludes halogenated alkanes) is 1. The van der Waals surface area contributed by atoms with Crippen LogP contribution in [0.1, 0.15) is 19.8 Å². The van der Waals surface area contributed by atoms with Gasteiger partial charge in [0.1, 0.15) is 5.75 Å². The molecule has 0 atom stereocenters. The number of nitro benzene ring substituents is 1. The first-order valence-electron chi connectivity index (χ1n) is 6.55. The molecule has 1 aromatic heterocycles. The number of nitrogens with zero attached hydrogens (tertiary/aromatic N) is 2. The highest BCUT2D eigenvalue weighted by Crippen LogP contribution is 2.28. The molecule has 5 nitrogen and oxygen atoms in total. The maximum absolute atomic E-state index is 11.0. The molecular weight excluding hydrogens is 256 g/mol. The first-order valence-corrected chi connectivity index (χ1v) is 6.55. The third kappa shape index (κ3) is 3.32. The van der Waals surface area contributed by atoms with E-state index in [1.54, 1.807) is 36.5 Å². The molecule has 0 radical (unpaired) electrons. The molecule has 0 aliphatic carbocycles. The molecule has 1 heterocycles. The summed E-state index contributed by atoms with van der Waals surface area (Å²) in [6.07, 6.45) is 3.66. The van der Waals surface area contributed by atoms with E-state index < -0.39 is 4.92 Å². The van der Waals surface area contributed by atoms with E-state index in [2.05, 4.69) is 11.9 Å². The predicted molar refractivity (Wildman–Crippen MR) is 76.7 cm³/mol. The highest BCUT2D eigenvalue weighted by Gasteiger charge is 2.14. The van der Waals surface area contributed by atoms with Crippen LogP contribution in [-0.2, 0) is 0 Å². The standard InChI is InChI=1S/C15H16N2O3/c1-2-3-10-20-12-8-9-14(16-11-12)13-6-4-5-7-15(13)17(18)19/h4-9,11H,2-3,10H2,1H3. The maximum atomic E-state index is 11.0. The minimum absolute atomic E-state index is 0.0552. The van der Waals surface area contributed by atoms with Crippen LogP contribution in [0, 0.1) is 10.1 Å². The minimum atomic E-state index is -0.400. The highest BCUT2D eigenvalue weighted by molar-refractivity contribution is 5.70. The Morgan fingerprint density at radius 1 is 1.25 bits per heavy atom. The molecule has 0 aliphatic rings. The smallest absolute Gasteiger partial charge is 0.278 e. The summed E-state index contributed by atoms with van der Waals surface area (Å²) in [7, 11) is 0. The normalized spacial score (nSPS) is 10.2. The van der Waals surface area contributed by atoms with E-state index >= 15 is 0 Å². The van der Waals surface area contributed by atoms with Gasteiger partial charge in [0.2, 0.25) is 0 Å². The number of aromatic nitrogens is 1. The number of hydrogen-bond donors (Lipinski definition) is 0. The Morgan fingerprint density at radius 3 is 2.70 bits per heavy atom. The molecule has 2 aromatic rings. The van der Waals surface area contributed by atoms with E-state index in [4.69, 9.17) is 4.74 Å². The van der Waals surface area contributed by atoms with Crippen molar-refractivity contribution in [2.24, 2.45) is 0 Å². The molecule has 0 bridgehead atoms. The fourth-order valence-electron chi connectivity index (χ4n) is 1.81. The number of ether oxygens (including phenoxy) is 1. The molecule has 5 heteroatoms. The second-order valence-corrected chi connectivity index (χ2v) is 4.36. The number of hydrogen-bond acceptors (Lipinski definition) is 4. The summed E-state index contributed by atoms with van der Waals surface area (Å²) in [5, 5.41) is 11.0. The summed E-state index contributed by atoms with van der Waals surface area (Å²) < 4.78 is 5.52. The van der Waals surface area contributed by atoms with Gasteiger partial charge in [0, 0.05) is 6.07 Å². The monoisotopic (exact) mass is 272 g/mol. The zero-order valence-electron chi connectivity index (χ0n) is 11.3. The summed E-state index contributed by atoms with van der Waals surface area (Å²) in [5.41, 5.74) is 1.14. The van der Waals surface area contributed by atoms with Crippen LogP contribution in [0.15, 0.2) is 42.6 Å². The Morgan fingerprint density at radius 2 is 2.05 bits per heavy atom. The van der Waals surface area contributed by atoms with Crippen molar-refractivity contribution in [1.29, 1.82) is 0 Å². The summed E-state index contributed by atoms with van der Waals surface area (Å²) in [6, 6.07) is 10.1. The van der Waals surface area contributed by atoms with Gasteiger partial charge in [-0.05, 0) is 24.6 Å². The van der Waals surface area contributed by atoms with E-state index in [1.165, 1.54) is 6.07 Å². The van der Waals surface area contributed by atoms with Gasteiger partial charge in [0.05, 0.1) is 29.0 Å². The van der Waals surface area contributed by atoms with Crippen molar-refractivity contribution in [3.63, 3.8) is 0 Å². The quantitative estimate of drug-likeness (QED) is 0.455. The van der Waals surface area contributed by atoms with Crippen LogP contribution in [0.5, 0.6) is 5.75 Å². The zero-order valence-corrected chi connectivity index (χ0v) is 11.3. The summed E-state index contributed by atoms with van der Waals surface area (Å²) in [4.78, 5) is 14.8. The average molecular weight is 272 g/mol. The number of rotatable bonds is 6. The topological polar surface area (TPSA) is 65.3 Å². The van der Waals surface area contributed by atoms with Crippen molar-refractivity contribution in [3.05, 3.63) is 52.7 Å². The van der Waals surface area contributed by atoms with Crippen molar-refractivity contribution in [1.82, 2.24) is 4.98 Å². The molecule has 0 aliphatic heterocycles. The third-order valence-electron chi connectivity index (χ3n) is 2.88. The van der Waals surface area contributed by atoms with E-state index in [0.717, 1.165) is 12.8 Å². The van der Waals surface area contributed by atoms with Gasteiger partial charge in [-0.3, -0.25) is 15.1 Å². The molecule has 0 fully saturated rings. The summed E-state index contributed by atoms with van der Waals surface area (Å²) in [5.74, 6) is 0.681. The Hall–Kier alpha value is -2.43. The van der Waals surface area contributed by atoms with E-state index in [0.29, 0.717) is 23.6 Å². The lowest BCUT2D eigenvalue weighted by Crippen LogP contribution is -1.97. The van der Waals surface area contributed by atoms with Crippen molar-refractivity contribution < 1.29 is 9.66 Å². The Balaban J connectivity index is 2.20. The third-order valence-corrected chi connectivity index (χ3v) is 2.88. The van der Waals surface area contributed by atoms with Crippen LogP contribution in [0.3, 0.4) is 0 Å². The van der Waals surface area contributed by atoms with Crippen LogP contribution in [0.2, 0.25) is 0 Å². The molecule has 1 aromatic carbocycles. The lowest BCUT2D eigenvalue weighted by Gasteiger charge is -2.06. The Labute approximate surface area is 117 Å². The summed E-state index contributed by atoms with van der Waals surface area (Å²) >= 11 is 0. The van der Waals surface area contributed by atoms with E-state index in [9.17, 15) is 10.1 Å². The van der Waals surface area contributed by atoms with Gasteiger partial charge in [0.15, 0.2) is 0 Å². The van der Waals surface area contributed by atoms with Gasteiger partial charge in [-0.15, -0.1) is 0 Å². The highest BCUT2D eigenvalue weighted by atomic mass is 16.6. The van der Waals surface area contributed by atoms with Crippen LogP contribution in [0.25, 0.3) is 11.3 Å². The molecule has 2 rings (SSSR count). The fourth-order valence-corrected chi connectivity index (χ4v) is 1.81. The van der Waals surface area contributed by atoms with Gasteiger partial charge in [0.25, 0.3) is 5.69 Å². The molecule has 20 heavy (non-hydrogen) atoms. The zero-order chi connectivity index (χ0) is 14.4. The van der Waals surface area contributed by atoms with Gasteiger partial charge >= 0.3 is 0 Å².